The first-order chi connectivity index (χ1) is 6.94. The number of nitrogens with two attached hydrogens (primary N) is 1. The molecule has 1 fully saturated rings. The summed E-state index contributed by atoms with van der Waals surface area (Å²) < 4.78 is 52.7. The van der Waals surface area contributed by atoms with Crippen LogP contribution >= 0.6 is 0 Å². The van der Waals surface area contributed by atoms with E-state index >= 15 is 0 Å². The van der Waals surface area contributed by atoms with Gasteiger partial charge in [0.25, 0.3) is 5.92 Å². The van der Waals surface area contributed by atoms with Crippen LogP contribution in [-0.4, -0.2) is 12.5 Å². The normalized spacial score (nSPS) is 27.8. The van der Waals surface area contributed by atoms with E-state index in [0.717, 1.165) is 18.2 Å². The lowest BCUT2D eigenvalue weighted by atomic mass is 9.94. The van der Waals surface area contributed by atoms with Crippen LogP contribution in [0, 0.1) is 11.6 Å². The van der Waals surface area contributed by atoms with Gasteiger partial charge in [-0.25, -0.2) is 17.6 Å². The second-order valence-electron chi connectivity index (χ2n) is 3.76. The molecule has 1 saturated carbocycles. The van der Waals surface area contributed by atoms with Gasteiger partial charge < -0.3 is 5.73 Å². The lowest BCUT2D eigenvalue weighted by Gasteiger charge is -2.15. The second kappa shape index (κ2) is 2.95. The SMILES string of the molecule is NCC1(c2c(F)cccc2F)CC1(F)F. The second-order valence-corrected chi connectivity index (χ2v) is 3.76. The molecule has 0 saturated heterocycles. The van der Waals surface area contributed by atoms with E-state index in [-0.39, 0.29) is 0 Å². The highest BCUT2D eigenvalue weighted by atomic mass is 19.3. The Hall–Kier alpha value is -1.10. The predicted octanol–water partition coefficient (Wildman–Crippen LogP) is 2.20. The van der Waals surface area contributed by atoms with E-state index < -0.39 is 41.5 Å². The van der Waals surface area contributed by atoms with Crippen molar-refractivity contribution in [2.45, 2.75) is 17.8 Å². The Morgan fingerprint density at radius 2 is 1.67 bits per heavy atom. The number of benzene rings is 1. The van der Waals surface area contributed by atoms with Gasteiger partial charge in [-0.1, -0.05) is 6.07 Å². The van der Waals surface area contributed by atoms with E-state index in [0.29, 0.717) is 0 Å². The molecule has 1 nitrogen and oxygen atoms in total. The Morgan fingerprint density at radius 1 is 1.20 bits per heavy atom. The van der Waals surface area contributed by atoms with Gasteiger partial charge >= 0.3 is 0 Å². The Bertz CT molecular complexity index is 384. The van der Waals surface area contributed by atoms with E-state index in [1.54, 1.807) is 0 Å². The molecule has 0 spiro atoms. The molecule has 0 radical (unpaired) electrons. The molecule has 1 aliphatic carbocycles. The zero-order valence-electron chi connectivity index (χ0n) is 7.74. The van der Waals surface area contributed by atoms with Gasteiger partial charge in [0, 0.05) is 18.5 Å². The zero-order chi connectivity index (χ0) is 11.3. The summed E-state index contributed by atoms with van der Waals surface area (Å²) in [4.78, 5) is 0. The van der Waals surface area contributed by atoms with Crippen molar-refractivity contribution in [1.29, 1.82) is 0 Å². The Labute approximate surface area is 83.9 Å². The maximum Gasteiger partial charge on any atom is 0.260 e. The van der Waals surface area contributed by atoms with Crippen LogP contribution in [0.15, 0.2) is 18.2 Å². The first-order valence-electron chi connectivity index (χ1n) is 4.47. The van der Waals surface area contributed by atoms with Crippen LogP contribution in [0.25, 0.3) is 0 Å². The van der Waals surface area contributed by atoms with E-state index in [1.807, 2.05) is 0 Å². The van der Waals surface area contributed by atoms with Crippen molar-refractivity contribution in [2.75, 3.05) is 6.54 Å². The van der Waals surface area contributed by atoms with Gasteiger partial charge in [0.05, 0.1) is 5.41 Å². The summed E-state index contributed by atoms with van der Waals surface area (Å²) >= 11 is 0. The number of hydrogen-bond donors (Lipinski definition) is 1. The highest BCUT2D eigenvalue weighted by Gasteiger charge is 2.72. The number of halogens is 4. The fourth-order valence-electron chi connectivity index (χ4n) is 1.88. The van der Waals surface area contributed by atoms with Gasteiger partial charge in [-0.3, -0.25) is 0 Å². The number of alkyl halides is 2. The van der Waals surface area contributed by atoms with Crippen molar-refractivity contribution in [3.8, 4) is 0 Å². The van der Waals surface area contributed by atoms with Crippen LogP contribution in [-0.2, 0) is 5.41 Å². The minimum absolute atomic E-state index is 0.460. The van der Waals surface area contributed by atoms with Crippen LogP contribution in [0.5, 0.6) is 0 Å². The summed E-state index contributed by atoms with van der Waals surface area (Å²) in [6.07, 6.45) is -0.589. The van der Waals surface area contributed by atoms with Crippen LogP contribution in [0.1, 0.15) is 12.0 Å². The van der Waals surface area contributed by atoms with Crippen molar-refractivity contribution in [3.05, 3.63) is 35.4 Å². The Balaban J connectivity index is 2.55. The van der Waals surface area contributed by atoms with Crippen molar-refractivity contribution in [2.24, 2.45) is 5.73 Å². The van der Waals surface area contributed by atoms with Crippen molar-refractivity contribution in [3.63, 3.8) is 0 Å². The van der Waals surface area contributed by atoms with Crippen LogP contribution < -0.4 is 5.73 Å². The standard InChI is InChI=1S/C10H9F4N/c11-6-2-1-3-7(12)8(6)9(5-15)4-10(9,13)14/h1-3H,4-5,15H2. The van der Waals surface area contributed by atoms with E-state index in [2.05, 4.69) is 0 Å². The maximum absolute atomic E-state index is 13.3. The molecule has 0 bridgehead atoms. The first kappa shape index (κ1) is 10.4. The van der Waals surface area contributed by atoms with Gasteiger partial charge in [-0.05, 0) is 12.1 Å². The summed E-state index contributed by atoms with van der Waals surface area (Å²) in [6.45, 7) is -0.460. The number of hydrogen-bond acceptors (Lipinski definition) is 1. The third-order valence-electron chi connectivity index (χ3n) is 2.89. The topological polar surface area (TPSA) is 26.0 Å². The van der Waals surface area contributed by atoms with Crippen molar-refractivity contribution < 1.29 is 17.6 Å². The molecule has 0 heterocycles. The molecule has 1 aromatic carbocycles. The van der Waals surface area contributed by atoms with Gasteiger partial charge in [0.1, 0.15) is 11.6 Å². The maximum atomic E-state index is 13.3. The Kier molecular flexibility index (Phi) is 2.05. The molecule has 0 amide bonds. The number of rotatable bonds is 2. The van der Waals surface area contributed by atoms with E-state index in [9.17, 15) is 17.6 Å². The predicted molar refractivity (Wildman–Crippen MR) is 46.7 cm³/mol. The molecule has 0 aliphatic heterocycles. The largest absolute Gasteiger partial charge is 0.329 e. The average molecular weight is 219 g/mol. The van der Waals surface area contributed by atoms with Crippen LogP contribution in [0.4, 0.5) is 17.6 Å². The highest BCUT2D eigenvalue weighted by Crippen LogP contribution is 2.61. The summed E-state index contributed by atoms with van der Waals surface area (Å²) in [5.41, 5.74) is 2.77. The van der Waals surface area contributed by atoms with Gasteiger partial charge in [-0.2, -0.15) is 0 Å². The average Bonchev–Trinajstić information content (AvgIpc) is 2.69. The molecule has 15 heavy (non-hydrogen) atoms. The lowest BCUT2D eigenvalue weighted by molar-refractivity contribution is 0.0876. The molecule has 1 unspecified atom stereocenters. The molecular weight excluding hydrogens is 210 g/mol. The quantitative estimate of drug-likeness (QED) is 0.758. The van der Waals surface area contributed by atoms with Gasteiger partial charge in [0.2, 0.25) is 0 Å². The fourth-order valence-corrected chi connectivity index (χ4v) is 1.88. The first-order valence-corrected chi connectivity index (χ1v) is 4.47. The third-order valence-corrected chi connectivity index (χ3v) is 2.89. The van der Waals surface area contributed by atoms with Crippen molar-refractivity contribution in [1.82, 2.24) is 0 Å². The van der Waals surface area contributed by atoms with Gasteiger partial charge in [0.15, 0.2) is 0 Å². The minimum atomic E-state index is -3.11. The van der Waals surface area contributed by atoms with Crippen molar-refractivity contribution >= 4 is 0 Å². The molecule has 1 aromatic rings. The summed E-state index contributed by atoms with van der Waals surface area (Å²) in [6, 6.07) is 3.06. The summed E-state index contributed by atoms with van der Waals surface area (Å²) in [5.74, 6) is -5.03. The molecule has 82 valence electrons. The summed E-state index contributed by atoms with van der Waals surface area (Å²) in [5, 5.41) is 0. The van der Waals surface area contributed by atoms with Gasteiger partial charge in [-0.15, -0.1) is 0 Å². The zero-order valence-corrected chi connectivity index (χ0v) is 7.74. The fraction of sp³-hybridized carbons (Fsp3) is 0.400. The van der Waals surface area contributed by atoms with E-state index in [1.165, 1.54) is 0 Å². The highest BCUT2D eigenvalue weighted by molar-refractivity contribution is 5.40. The van der Waals surface area contributed by atoms with Crippen LogP contribution in [0.3, 0.4) is 0 Å². The molecule has 2 rings (SSSR count). The monoisotopic (exact) mass is 219 g/mol. The van der Waals surface area contributed by atoms with Crippen LogP contribution in [0.2, 0.25) is 0 Å². The minimum Gasteiger partial charge on any atom is -0.329 e. The third kappa shape index (κ3) is 1.26. The lowest BCUT2D eigenvalue weighted by Crippen LogP contribution is -2.29. The molecule has 5 heteroatoms. The molecule has 0 aromatic heterocycles. The molecular formula is C10H9F4N. The smallest absolute Gasteiger partial charge is 0.260 e. The molecule has 1 atom stereocenters. The molecule has 1 aliphatic rings. The Morgan fingerprint density at radius 3 is 2.00 bits per heavy atom. The molecule has 2 N–H and O–H groups in total. The summed E-state index contributed by atoms with van der Waals surface area (Å²) in [7, 11) is 0. The van der Waals surface area contributed by atoms with E-state index in [4.69, 9.17) is 5.73 Å².